The van der Waals surface area contributed by atoms with Gasteiger partial charge in [0.1, 0.15) is 5.75 Å². The maximum Gasteiger partial charge on any atom is 0.319 e. The number of nitrogens with zero attached hydrogens (tertiary/aromatic N) is 1. The first-order chi connectivity index (χ1) is 23.1. The van der Waals surface area contributed by atoms with Crippen molar-refractivity contribution in [1.29, 1.82) is 0 Å². The summed E-state index contributed by atoms with van der Waals surface area (Å²) in [6, 6.07) is 22.1. The third-order valence-corrected chi connectivity index (χ3v) is 11.2. The van der Waals surface area contributed by atoms with E-state index in [-0.39, 0.29) is 42.1 Å². The summed E-state index contributed by atoms with van der Waals surface area (Å²) in [5, 5.41) is 36.9. The van der Waals surface area contributed by atoms with E-state index in [9.17, 15) is 20.1 Å². The van der Waals surface area contributed by atoms with Crippen LogP contribution in [0.3, 0.4) is 0 Å². The molecule has 8 rings (SSSR count). The van der Waals surface area contributed by atoms with Gasteiger partial charge in [0, 0.05) is 35.8 Å². The van der Waals surface area contributed by atoms with Gasteiger partial charge in [0.15, 0.2) is 6.29 Å². The highest BCUT2D eigenvalue weighted by atomic mass is 16.7. The minimum atomic E-state index is -0.776. The van der Waals surface area contributed by atoms with Crippen molar-refractivity contribution in [2.75, 3.05) is 25.5 Å². The van der Waals surface area contributed by atoms with E-state index in [1.54, 1.807) is 24.3 Å². The number of hydrogen-bond donors (Lipinski definition) is 5. The molecule has 2 amide bonds. The molecular formula is C39H49N3O6. The zero-order chi connectivity index (χ0) is 33.4. The van der Waals surface area contributed by atoms with Gasteiger partial charge in [0.05, 0.1) is 24.9 Å². The van der Waals surface area contributed by atoms with Crippen LogP contribution in [0.25, 0.3) is 0 Å². The van der Waals surface area contributed by atoms with E-state index in [2.05, 4.69) is 17.6 Å². The second kappa shape index (κ2) is 13.8. The first-order valence-electron chi connectivity index (χ1n) is 17.5. The minimum Gasteiger partial charge on any atom is -0.508 e. The summed E-state index contributed by atoms with van der Waals surface area (Å²) in [6.07, 6.45) is 5.25. The summed E-state index contributed by atoms with van der Waals surface area (Å²) in [4.78, 5) is 15.4. The van der Waals surface area contributed by atoms with Gasteiger partial charge in [-0.25, -0.2) is 4.79 Å². The molecule has 5 atom stereocenters. The number of amides is 2. The molecule has 3 aromatic rings. The first kappa shape index (κ1) is 33.0. The molecule has 4 bridgehead atoms. The number of hydrogen-bond acceptors (Lipinski definition) is 7. The maximum absolute atomic E-state index is 13.4. The lowest BCUT2D eigenvalue weighted by Crippen LogP contribution is -2.60. The number of urea groups is 1. The van der Waals surface area contributed by atoms with Crippen LogP contribution in [0.2, 0.25) is 0 Å². The quantitative estimate of drug-likeness (QED) is 0.171. The van der Waals surface area contributed by atoms with Gasteiger partial charge < -0.3 is 40.3 Å². The van der Waals surface area contributed by atoms with Crippen LogP contribution >= 0.6 is 0 Å². The number of anilines is 1. The molecule has 9 nitrogen and oxygen atoms in total. The number of ether oxygens (including phenoxy) is 2. The van der Waals surface area contributed by atoms with Gasteiger partial charge in [-0.15, -0.1) is 0 Å². The molecule has 9 heteroatoms. The highest BCUT2D eigenvalue weighted by molar-refractivity contribution is 5.90. The van der Waals surface area contributed by atoms with Crippen molar-refractivity contribution in [3.8, 4) is 5.75 Å². The number of rotatable bonds is 10. The highest BCUT2D eigenvalue weighted by Crippen LogP contribution is 2.55. The van der Waals surface area contributed by atoms with Gasteiger partial charge in [0.25, 0.3) is 0 Å². The Labute approximate surface area is 283 Å². The zero-order valence-electron chi connectivity index (χ0n) is 27.9. The summed E-state index contributed by atoms with van der Waals surface area (Å²) in [6.45, 7) is 2.97. The van der Waals surface area contributed by atoms with E-state index < -0.39 is 12.4 Å². The Morgan fingerprint density at radius 3 is 2.29 bits per heavy atom. The Morgan fingerprint density at radius 1 is 0.938 bits per heavy atom. The Morgan fingerprint density at radius 2 is 1.62 bits per heavy atom. The Bertz CT molecular complexity index is 1540. The fourth-order valence-corrected chi connectivity index (χ4v) is 9.27. The number of likely N-dealkylation sites (N-methyl/N-ethyl adjacent to an activating group) is 1. The second-order valence-corrected chi connectivity index (χ2v) is 15.1. The number of aliphatic hydroxyl groups is 2. The van der Waals surface area contributed by atoms with Crippen molar-refractivity contribution < 1.29 is 29.6 Å². The number of phenolic OH excluding ortho intramolecular Hbond substituents is 1. The molecular weight excluding hydrogens is 606 g/mol. The van der Waals surface area contributed by atoms with E-state index in [1.807, 2.05) is 60.5 Å². The topological polar surface area (TPSA) is 124 Å². The average Bonchev–Trinajstić information content (AvgIpc) is 3.05. The molecule has 0 aromatic heterocycles. The van der Waals surface area contributed by atoms with Gasteiger partial charge in [-0.2, -0.15) is 0 Å². The Kier molecular flexibility index (Phi) is 9.50. The number of phenols is 1. The largest absolute Gasteiger partial charge is 0.508 e. The summed E-state index contributed by atoms with van der Waals surface area (Å²) in [7, 11) is 1.95. The fraction of sp³-hybridized carbons (Fsp3) is 0.513. The van der Waals surface area contributed by atoms with Gasteiger partial charge in [-0.05, 0) is 104 Å². The van der Waals surface area contributed by atoms with Crippen molar-refractivity contribution in [3.05, 3.63) is 95.1 Å². The first-order valence-corrected chi connectivity index (χ1v) is 17.5. The number of carbonyl (C=O) groups excluding carboxylic acids is 1. The minimum absolute atomic E-state index is 0.0295. The molecule has 1 heterocycles. The predicted octanol–water partition coefficient (Wildman–Crippen LogP) is 6.43. The lowest BCUT2D eigenvalue weighted by molar-refractivity contribution is -0.276. The van der Waals surface area contributed by atoms with Crippen LogP contribution in [0, 0.1) is 23.7 Å². The third kappa shape index (κ3) is 7.26. The van der Waals surface area contributed by atoms with Crippen LogP contribution in [-0.4, -0.2) is 58.0 Å². The number of aromatic hydroxyl groups is 1. The summed E-state index contributed by atoms with van der Waals surface area (Å²) >= 11 is 0. The van der Waals surface area contributed by atoms with Crippen LogP contribution in [0.5, 0.6) is 5.75 Å². The molecule has 4 saturated carbocycles. The SMILES string of the molecule is CC1C(CN(C)CC(O)c2cccc(O)c2)OC(c2cccc(NC(=O)NC34CC5CC(CC(C5)C3)C4)c2)OC1c1ccc(CO)cc1. The molecule has 5 fully saturated rings. The van der Waals surface area contributed by atoms with E-state index in [0.29, 0.717) is 24.3 Å². The zero-order valence-corrected chi connectivity index (χ0v) is 27.9. The second-order valence-electron chi connectivity index (χ2n) is 15.1. The lowest BCUT2D eigenvalue weighted by Gasteiger charge is -2.56. The van der Waals surface area contributed by atoms with Crippen molar-refractivity contribution >= 4 is 11.7 Å². The van der Waals surface area contributed by atoms with Gasteiger partial charge in [-0.3, -0.25) is 0 Å². The van der Waals surface area contributed by atoms with E-state index >= 15 is 0 Å². The molecule has 4 aliphatic carbocycles. The molecule has 5 N–H and O–H groups in total. The summed E-state index contributed by atoms with van der Waals surface area (Å²) in [5.74, 6) is 2.33. The molecule has 1 saturated heterocycles. The van der Waals surface area contributed by atoms with Crippen molar-refractivity contribution in [3.63, 3.8) is 0 Å². The monoisotopic (exact) mass is 655 g/mol. The lowest BCUT2D eigenvalue weighted by atomic mass is 9.53. The normalized spacial score (nSPS) is 31.5. The number of nitrogens with one attached hydrogen (secondary N) is 2. The Balaban J connectivity index is 1.06. The maximum atomic E-state index is 13.4. The standard InChI is InChI=1S/C39H49N3O6/c1-24-35(22-42(2)21-34(45)30-5-4-8-33(44)17-30)47-37(48-36(24)29-11-9-25(23-43)10-12-29)31-6-3-7-32(16-31)40-38(46)41-39-18-26-13-27(19-39)15-28(14-26)20-39/h3-12,16-17,24,26-28,34-37,43-45H,13-15,18-23H2,1-2H3,(H2,40,41,46). The van der Waals surface area contributed by atoms with Gasteiger partial charge >= 0.3 is 6.03 Å². The summed E-state index contributed by atoms with van der Waals surface area (Å²) < 4.78 is 13.3. The van der Waals surface area contributed by atoms with Crippen LogP contribution in [-0.2, 0) is 16.1 Å². The molecule has 0 spiro atoms. The third-order valence-electron chi connectivity index (χ3n) is 11.2. The average molecular weight is 656 g/mol. The van der Waals surface area contributed by atoms with E-state index in [4.69, 9.17) is 9.47 Å². The van der Waals surface area contributed by atoms with Crippen LogP contribution in [0.1, 0.15) is 86.2 Å². The van der Waals surface area contributed by atoms with E-state index in [1.165, 1.54) is 19.3 Å². The molecule has 5 unspecified atom stereocenters. The van der Waals surface area contributed by atoms with Crippen LogP contribution < -0.4 is 10.6 Å². The molecule has 5 aliphatic rings. The fourth-order valence-electron chi connectivity index (χ4n) is 9.27. The van der Waals surface area contributed by atoms with Gasteiger partial charge in [-0.1, -0.05) is 55.5 Å². The van der Waals surface area contributed by atoms with Crippen LogP contribution in [0.15, 0.2) is 72.8 Å². The number of benzene rings is 3. The van der Waals surface area contributed by atoms with Crippen molar-refractivity contribution in [2.45, 2.75) is 82.2 Å². The number of carbonyl (C=O) groups is 1. The Hall–Kier alpha value is -3.47. The molecule has 48 heavy (non-hydrogen) atoms. The number of aliphatic hydroxyl groups excluding tert-OH is 2. The highest BCUT2D eigenvalue weighted by Gasteiger charge is 2.51. The molecule has 256 valence electrons. The van der Waals surface area contributed by atoms with Crippen LogP contribution in [0.4, 0.5) is 10.5 Å². The molecule has 3 aromatic carbocycles. The molecule has 1 aliphatic heterocycles. The molecule has 0 radical (unpaired) electrons. The predicted molar refractivity (Wildman–Crippen MR) is 183 cm³/mol. The van der Waals surface area contributed by atoms with Gasteiger partial charge in [0.2, 0.25) is 0 Å². The van der Waals surface area contributed by atoms with Crippen molar-refractivity contribution in [1.82, 2.24) is 10.2 Å². The van der Waals surface area contributed by atoms with Crippen molar-refractivity contribution in [2.24, 2.45) is 23.7 Å². The summed E-state index contributed by atoms with van der Waals surface area (Å²) in [5.41, 5.74) is 3.89. The van der Waals surface area contributed by atoms with E-state index in [0.717, 1.165) is 53.7 Å². The smallest absolute Gasteiger partial charge is 0.319 e.